The number of hydrogen-bond acceptors (Lipinski definition) is 7. The Morgan fingerprint density at radius 2 is 2.05 bits per heavy atom. The minimum absolute atomic E-state index is 0.0549. The molecule has 0 fully saturated rings. The molecule has 37 heavy (non-hydrogen) atoms. The fourth-order valence-electron chi connectivity index (χ4n) is 6.20. The summed E-state index contributed by atoms with van der Waals surface area (Å²) in [4.78, 5) is 45.2. The lowest BCUT2D eigenvalue weighted by molar-refractivity contribution is -0.172. The number of aryl methyl sites for hydroxylation is 1. The molecule has 0 bridgehead atoms. The average molecular weight is 524 g/mol. The molecule has 1 aliphatic carbocycles. The maximum absolute atomic E-state index is 13.7. The summed E-state index contributed by atoms with van der Waals surface area (Å²) >= 11 is 6.59. The summed E-state index contributed by atoms with van der Waals surface area (Å²) in [6.07, 6.45) is 1.37. The predicted octanol–water partition coefficient (Wildman–Crippen LogP) is 2.48. The number of rotatable bonds is 3. The number of cyclic esters (lactones) is 1. The summed E-state index contributed by atoms with van der Waals surface area (Å²) in [5.74, 6) is -1.17. The number of carbonyl (C=O) groups excluding carboxylic acids is 2. The fraction of sp³-hybridized carbons (Fsp3) is 0.407. The van der Waals surface area contributed by atoms with Crippen LogP contribution < -0.4 is 5.56 Å². The van der Waals surface area contributed by atoms with Crippen molar-refractivity contribution in [3.05, 3.63) is 60.9 Å². The van der Waals surface area contributed by atoms with Gasteiger partial charge in [-0.05, 0) is 55.0 Å². The number of aliphatic hydroxyl groups excluding tert-OH is 1. The maximum atomic E-state index is 13.7. The third kappa shape index (κ3) is 3.11. The first-order valence-corrected chi connectivity index (χ1v) is 12.7. The van der Waals surface area contributed by atoms with Gasteiger partial charge in [-0.3, -0.25) is 9.59 Å². The number of fused-ring (bicyclic) bond motifs is 5. The summed E-state index contributed by atoms with van der Waals surface area (Å²) in [5, 5.41) is 22.2. The Morgan fingerprint density at radius 3 is 2.76 bits per heavy atom. The second kappa shape index (κ2) is 8.11. The number of benzene rings is 1. The molecule has 2 aliphatic heterocycles. The van der Waals surface area contributed by atoms with Crippen molar-refractivity contribution in [1.29, 1.82) is 0 Å². The summed E-state index contributed by atoms with van der Waals surface area (Å²) in [6, 6.07) is 3.15. The molecular formula is C27H26ClN3O6. The zero-order valence-corrected chi connectivity index (χ0v) is 21.5. The molecule has 0 saturated heterocycles. The highest BCUT2D eigenvalue weighted by Crippen LogP contribution is 2.47. The Kier molecular flexibility index (Phi) is 5.28. The summed E-state index contributed by atoms with van der Waals surface area (Å²) < 4.78 is 6.77. The van der Waals surface area contributed by atoms with Crippen LogP contribution in [0.1, 0.15) is 59.2 Å². The van der Waals surface area contributed by atoms with Gasteiger partial charge in [0.2, 0.25) is 5.91 Å². The molecule has 0 saturated carbocycles. The lowest BCUT2D eigenvalue weighted by Gasteiger charge is -2.35. The molecular weight excluding hydrogens is 498 g/mol. The maximum Gasteiger partial charge on any atom is 0.343 e. The molecule has 192 valence electrons. The highest BCUT2D eigenvalue weighted by atomic mass is 35.5. The van der Waals surface area contributed by atoms with Crippen LogP contribution in [0.4, 0.5) is 0 Å². The lowest BCUT2D eigenvalue weighted by Crippen LogP contribution is -2.44. The smallest absolute Gasteiger partial charge is 0.343 e. The molecule has 10 heteroatoms. The van der Waals surface area contributed by atoms with Crippen molar-refractivity contribution in [2.24, 2.45) is 0 Å². The van der Waals surface area contributed by atoms with E-state index in [1.165, 1.54) is 0 Å². The highest BCUT2D eigenvalue weighted by Gasteiger charge is 2.46. The third-order valence-corrected chi connectivity index (χ3v) is 8.74. The largest absolute Gasteiger partial charge is 0.458 e. The van der Waals surface area contributed by atoms with Crippen molar-refractivity contribution >= 4 is 34.4 Å². The van der Waals surface area contributed by atoms with Crippen molar-refractivity contribution in [2.75, 3.05) is 13.7 Å². The van der Waals surface area contributed by atoms with Gasteiger partial charge in [0.25, 0.3) is 5.56 Å². The standard InChI is InChI=1S/C27H26ClN3O6/c1-4-27(36)16-7-20-24-14(9-31(20)25(34)15(16)11-37-26(27)35)23-19(30(3)21(33)10-32)6-5-13-12(2)17(28)8-18(29-24)22(13)23/h7-8,19,32,36H,4-6,9-11H2,1-3H3/t19-,27-/m0/s1. The molecule has 0 unspecified atom stereocenters. The molecule has 3 aliphatic rings. The Hall–Kier alpha value is -3.27. The number of aromatic nitrogens is 2. The van der Waals surface area contributed by atoms with Crippen LogP contribution >= 0.6 is 11.6 Å². The van der Waals surface area contributed by atoms with Crippen molar-refractivity contribution in [2.45, 2.75) is 57.9 Å². The van der Waals surface area contributed by atoms with Gasteiger partial charge in [-0.2, -0.15) is 0 Å². The molecule has 2 aromatic heterocycles. The first-order chi connectivity index (χ1) is 17.6. The Balaban J connectivity index is 1.68. The van der Waals surface area contributed by atoms with Gasteiger partial charge >= 0.3 is 5.97 Å². The SMILES string of the molecule is CC[C@@]1(O)C(=O)OCc2c1cc1n(c2=O)Cc2c-1nc1cc(Cl)c(C)c3c1c2[C@@H](N(C)C(=O)CO)CC3. The summed E-state index contributed by atoms with van der Waals surface area (Å²) in [5.41, 5.74) is 3.67. The van der Waals surface area contributed by atoms with Crippen LogP contribution in [0.5, 0.6) is 0 Å². The molecule has 3 aromatic rings. The lowest BCUT2D eigenvalue weighted by atomic mass is 9.81. The number of esters is 1. The van der Waals surface area contributed by atoms with E-state index < -0.39 is 24.1 Å². The van der Waals surface area contributed by atoms with E-state index >= 15 is 0 Å². The third-order valence-electron chi connectivity index (χ3n) is 8.34. The molecule has 2 N–H and O–H groups in total. The second-order valence-electron chi connectivity index (χ2n) is 10.0. The molecule has 0 spiro atoms. The van der Waals surface area contributed by atoms with Crippen LogP contribution in [-0.2, 0) is 39.5 Å². The van der Waals surface area contributed by atoms with Gasteiger partial charge in [-0.1, -0.05) is 18.5 Å². The van der Waals surface area contributed by atoms with Crippen LogP contribution in [-0.4, -0.2) is 50.2 Å². The molecule has 6 rings (SSSR count). The van der Waals surface area contributed by atoms with Gasteiger partial charge in [0.05, 0.1) is 35.1 Å². The highest BCUT2D eigenvalue weighted by molar-refractivity contribution is 6.32. The first kappa shape index (κ1) is 24.1. The quantitative estimate of drug-likeness (QED) is 0.396. The Labute approximate surface area is 217 Å². The van der Waals surface area contributed by atoms with E-state index in [1.807, 2.05) is 6.92 Å². The molecule has 2 atom stereocenters. The normalized spacial score (nSPS) is 21.4. The van der Waals surface area contributed by atoms with Gasteiger partial charge in [0.1, 0.15) is 13.2 Å². The van der Waals surface area contributed by atoms with Crippen LogP contribution in [0.3, 0.4) is 0 Å². The van der Waals surface area contributed by atoms with E-state index in [4.69, 9.17) is 21.3 Å². The Morgan fingerprint density at radius 1 is 1.30 bits per heavy atom. The van der Waals surface area contributed by atoms with Gasteiger partial charge in [-0.15, -0.1) is 0 Å². The number of carbonyl (C=O) groups is 2. The van der Waals surface area contributed by atoms with Gasteiger partial charge < -0.3 is 24.4 Å². The molecule has 1 aromatic carbocycles. The van der Waals surface area contributed by atoms with Gasteiger partial charge in [-0.25, -0.2) is 9.78 Å². The van der Waals surface area contributed by atoms with Crippen LogP contribution in [0, 0.1) is 6.92 Å². The minimum atomic E-state index is -1.92. The molecule has 9 nitrogen and oxygen atoms in total. The van der Waals surface area contributed by atoms with Crippen LogP contribution in [0.25, 0.3) is 22.3 Å². The van der Waals surface area contributed by atoms with Crippen molar-refractivity contribution < 1.29 is 24.5 Å². The number of ether oxygens (including phenoxy) is 1. The molecule has 0 radical (unpaired) electrons. The van der Waals surface area contributed by atoms with Crippen LogP contribution in [0.2, 0.25) is 5.02 Å². The van der Waals surface area contributed by atoms with Gasteiger partial charge in [0, 0.05) is 28.6 Å². The van der Waals surface area contributed by atoms with Crippen molar-refractivity contribution in [1.82, 2.24) is 14.5 Å². The number of amides is 1. The number of hydrogen-bond donors (Lipinski definition) is 2. The summed E-state index contributed by atoms with van der Waals surface area (Å²) in [6.45, 7) is 3.05. The zero-order chi connectivity index (χ0) is 26.4. The number of pyridine rings is 2. The van der Waals surface area contributed by atoms with E-state index in [0.29, 0.717) is 34.8 Å². The number of likely N-dealkylation sites (N-methyl/N-ethyl adjacent to an activating group) is 1. The average Bonchev–Trinajstić information content (AvgIpc) is 3.27. The van der Waals surface area contributed by atoms with E-state index in [1.54, 1.807) is 35.6 Å². The second-order valence-corrected chi connectivity index (χ2v) is 10.4. The predicted molar refractivity (Wildman–Crippen MR) is 135 cm³/mol. The Bertz CT molecular complexity index is 1610. The van der Waals surface area contributed by atoms with Crippen molar-refractivity contribution in [3.8, 4) is 11.4 Å². The van der Waals surface area contributed by atoms with E-state index in [0.717, 1.165) is 27.6 Å². The van der Waals surface area contributed by atoms with E-state index in [9.17, 15) is 24.6 Å². The minimum Gasteiger partial charge on any atom is -0.458 e. The first-order valence-electron chi connectivity index (χ1n) is 12.3. The number of halogens is 1. The molecule has 1 amide bonds. The zero-order valence-electron chi connectivity index (χ0n) is 20.7. The number of aliphatic hydroxyl groups is 2. The topological polar surface area (TPSA) is 122 Å². The van der Waals surface area contributed by atoms with E-state index in [2.05, 4.69) is 0 Å². The monoisotopic (exact) mass is 523 g/mol. The fourth-order valence-corrected chi connectivity index (χ4v) is 6.42. The number of nitrogens with zero attached hydrogens (tertiary/aromatic N) is 3. The summed E-state index contributed by atoms with van der Waals surface area (Å²) in [7, 11) is 1.67. The van der Waals surface area contributed by atoms with E-state index in [-0.39, 0.29) is 42.3 Å². The van der Waals surface area contributed by atoms with Crippen molar-refractivity contribution in [3.63, 3.8) is 0 Å². The van der Waals surface area contributed by atoms with Crippen LogP contribution in [0.15, 0.2) is 16.9 Å². The van der Waals surface area contributed by atoms with Gasteiger partial charge in [0.15, 0.2) is 5.60 Å². The molecule has 4 heterocycles.